The minimum Gasteiger partial charge on any atom is -0.390 e. The van der Waals surface area contributed by atoms with Crippen LogP contribution in [0.2, 0.25) is 0 Å². The number of nitrogens with two attached hydrogens (primary N) is 1. The lowest BCUT2D eigenvalue weighted by Gasteiger charge is -2.36. The van der Waals surface area contributed by atoms with E-state index in [1.165, 1.54) is 11.1 Å². The van der Waals surface area contributed by atoms with Gasteiger partial charge in [-0.2, -0.15) is 0 Å². The van der Waals surface area contributed by atoms with Gasteiger partial charge >= 0.3 is 0 Å². The third kappa shape index (κ3) is 2.20. The highest BCUT2D eigenvalue weighted by Gasteiger charge is 2.47. The van der Waals surface area contributed by atoms with E-state index in [0.717, 1.165) is 25.7 Å². The van der Waals surface area contributed by atoms with Gasteiger partial charge in [-0.05, 0) is 43.7 Å². The van der Waals surface area contributed by atoms with E-state index in [9.17, 15) is 5.11 Å². The van der Waals surface area contributed by atoms with Crippen molar-refractivity contribution in [2.75, 3.05) is 6.54 Å². The van der Waals surface area contributed by atoms with Crippen LogP contribution in [0.3, 0.4) is 0 Å². The molecule has 1 aromatic rings. The maximum atomic E-state index is 10.8. The third-order valence-corrected chi connectivity index (χ3v) is 4.85. The normalized spacial score (nSPS) is 30.3. The first-order chi connectivity index (χ1) is 9.14. The Morgan fingerprint density at radius 2 is 1.95 bits per heavy atom. The Hall–Kier alpha value is -0.900. The molecule has 0 amide bonds. The van der Waals surface area contributed by atoms with Gasteiger partial charge in [-0.1, -0.05) is 24.3 Å². The molecule has 104 valence electrons. The van der Waals surface area contributed by atoms with Crippen molar-refractivity contribution in [2.24, 2.45) is 11.1 Å². The number of hydrogen-bond donors (Lipinski definition) is 2. The fraction of sp³-hybridized carbons (Fsp3) is 0.625. The second-order valence-electron chi connectivity index (χ2n) is 6.20. The van der Waals surface area contributed by atoms with Crippen molar-refractivity contribution in [1.82, 2.24) is 0 Å². The molecule has 3 nitrogen and oxygen atoms in total. The fourth-order valence-electron chi connectivity index (χ4n) is 3.66. The summed E-state index contributed by atoms with van der Waals surface area (Å²) in [6.45, 7) is 2.59. The molecule has 1 saturated heterocycles. The predicted octanol–water partition coefficient (Wildman–Crippen LogP) is 1.66. The van der Waals surface area contributed by atoms with Crippen LogP contribution in [-0.4, -0.2) is 30.0 Å². The van der Waals surface area contributed by atoms with Crippen LogP contribution < -0.4 is 5.73 Å². The van der Waals surface area contributed by atoms with E-state index >= 15 is 0 Å². The molecule has 1 heterocycles. The van der Waals surface area contributed by atoms with Crippen molar-refractivity contribution < 1.29 is 9.84 Å². The zero-order chi connectivity index (χ0) is 13.5. The van der Waals surface area contributed by atoms with E-state index < -0.39 is 6.10 Å². The number of aliphatic hydroxyl groups is 1. The van der Waals surface area contributed by atoms with Crippen LogP contribution in [0.15, 0.2) is 24.3 Å². The summed E-state index contributed by atoms with van der Waals surface area (Å²) in [5, 5.41) is 10.8. The highest BCUT2D eigenvalue weighted by molar-refractivity contribution is 5.35. The molecule has 1 aromatic carbocycles. The Morgan fingerprint density at radius 1 is 1.32 bits per heavy atom. The van der Waals surface area contributed by atoms with Gasteiger partial charge in [-0.3, -0.25) is 0 Å². The van der Waals surface area contributed by atoms with Gasteiger partial charge in [0.1, 0.15) is 0 Å². The van der Waals surface area contributed by atoms with Gasteiger partial charge in [0, 0.05) is 12.0 Å². The van der Waals surface area contributed by atoms with Crippen molar-refractivity contribution in [3.63, 3.8) is 0 Å². The summed E-state index contributed by atoms with van der Waals surface area (Å²) < 4.78 is 5.86. The first-order valence-corrected chi connectivity index (χ1v) is 7.25. The average Bonchev–Trinajstić information content (AvgIpc) is 3.01. The molecule has 1 aliphatic carbocycles. The molecule has 1 fully saturated rings. The van der Waals surface area contributed by atoms with Crippen molar-refractivity contribution in [3.8, 4) is 0 Å². The fourth-order valence-corrected chi connectivity index (χ4v) is 3.66. The number of ether oxygens (including phenoxy) is 1. The minimum absolute atomic E-state index is 0.0483. The molecule has 3 unspecified atom stereocenters. The van der Waals surface area contributed by atoms with Crippen molar-refractivity contribution >= 4 is 0 Å². The molecule has 0 radical (unpaired) electrons. The molecular formula is C16H23NO2. The molecule has 0 aromatic heterocycles. The van der Waals surface area contributed by atoms with Crippen molar-refractivity contribution in [2.45, 2.75) is 50.9 Å². The zero-order valence-corrected chi connectivity index (χ0v) is 11.5. The second-order valence-corrected chi connectivity index (χ2v) is 6.20. The van der Waals surface area contributed by atoms with Crippen LogP contribution in [0.4, 0.5) is 0 Å². The lowest BCUT2D eigenvalue weighted by molar-refractivity contribution is -0.0839. The number of rotatable bonds is 3. The third-order valence-electron chi connectivity index (χ3n) is 4.85. The van der Waals surface area contributed by atoms with E-state index in [-0.39, 0.29) is 17.6 Å². The van der Waals surface area contributed by atoms with Gasteiger partial charge in [0.15, 0.2) is 0 Å². The molecule has 0 saturated carbocycles. The van der Waals surface area contributed by atoms with E-state index in [1.54, 1.807) is 0 Å². The largest absolute Gasteiger partial charge is 0.390 e. The van der Waals surface area contributed by atoms with Crippen LogP contribution in [0.5, 0.6) is 0 Å². The molecule has 3 atom stereocenters. The second kappa shape index (κ2) is 4.89. The van der Waals surface area contributed by atoms with Gasteiger partial charge in [-0.15, -0.1) is 0 Å². The summed E-state index contributed by atoms with van der Waals surface area (Å²) in [5.74, 6) is 0. The summed E-state index contributed by atoms with van der Waals surface area (Å²) in [5.41, 5.74) is 8.46. The molecule has 2 aliphatic rings. The molecule has 0 spiro atoms. The SMILES string of the molecule is CC1CCC(C(O)C2(CN)Cc3ccccc3C2)O1. The van der Waals surface area contributed by atoms with Crippen LogP contribution in [-0.2, 0) is 17.6 Å². The van der Waals surface area contributed by atoms with E-state index in [2.05, 4.69) is 31.2 Å². The average molecular weight is 261 g/mol. The zero-order valence-electron chi connectivity index (χ0n) is 11.5. The lowest BCUT2D eigenvalue weighted by atomic mass is 9.76. The smallest absolute Gasteiger partial charge is 0.0876 e. The van der Waals surface area contributed by atoms with Gasteiger partial charge in [0.2, 0.25) is 0 Å². The summed E-state index contributed by atoms with van der Waals surface area (Å²) in [6.07, 6.45) is 3.47. The van der Waals surface area contributed by atoms with Crippen LogP contribution in [0.25, 0.3) is 0 Å². The number of benzene rings is 1. The highest BCUT2D eigenvalue weighted by atomic mass is 16.5. The standard InChI is InChI=1S/C16H23NO2/c1-11-6-7-14(19-11)15(18)16(10-17)8-12-4-2-3-5-13(12)9-16/h2-5,11,14-15,18H,6-10,17H2,1H3. The molecule has 3 heteroatoms. The number of hydrogen-bond acceptors (Lipinski definition) is 3. The van der Waals surface area contributed by atoms with Gasteiger partial charge in [0.05, 0.1) is 18.3 Å². The lowest BCUT2D eigenvalue weighted by Crippen LogP contribution is -2.48. The van der Waals surface area contributed by atoms with Crippen LogP contribution >= 0.6 is 0 Å². The molecular weight excluding hydrogens is 238 g/mol. The topological polar surface area (TPSA) is 55.5 Å². The minimum atomic E-state index is -0.463. The Bertz CT molecular complexity index is 435. The van der Waals surface area contributed by atoms with E-state index in [4.69, 9.17) is 10.5 Å². The quantitative estimate of drug-likeness (QED) is 0.870. The molecule has 1 aliphatic heterocycles. The van der Waals surface area contributed by atoms with Crippen LogP contribution in [0, 0.1) is 5.41 Å². The number of aliphatic hydroxyl groups excluding tert-OH is 1. The first-order valence-electron chi connectivity index (χ1n) is 7.25. The Kier molecular flexibility index (Phi) is 3.37. The number of fused-ring (bicyclic) bond motifs is 1. The molecule has 0 bridgehead atoms. The Balaban J connectivity index is 1.82. The highest BCUT2D eigenvalue weighted by Crippen LogP contribution is 2.42. The Morgan fingerprint density at radius 3 is 2.42 bits per heavy atom. The van der Waals surface area contributed by atoms with Crippen molar-refractivity contribution in [1.29, 1.82) is 0 Å². The molecule has 3 rings (SSSR count). The van der Waals surface area contributed by atoms with Gasteiger partial charge in [0.25, 0.3) is 0 Å². The maximum absolute atomic E-state index is 10.8. The van der Waals surface area contributed by atoms with E-state index in [0.29, 0.717) is 6.54 Å². The van der Waals surface area contributed by atoms with Gasteiger partial charge in [-0.25, -0.2) is 0 Å². The molecule has 19 heavy (non-hydrogen) atoms. The van der Waals surface area contributed by atoms with E-state index in [1.807, 2.05) is 0 Å². The van der Waals surface area contributed by atoms with Crippen LogP contribution in [0.1, 0.15) is 30.9 Å². The summed E-state index contributed by atoms with van der Waals surface area (Å²) >= 11 is 0. The maximum Gasteiger partial charge on any atom is 0.0876 e. The monoisotopic (exact) mass is 261 g/mol. The summed E-state index contributed by atoms with van der Waals surface area (Å²) in [4.78, 5) is 0. The predicted molar refractivity (Wildman–Crippen MR) is 74.9 cm³/mol. The first kappa shape index (κ1) is 13.1. The van der Waals surface area contributed by atoms with Gasteiger partial charge < -0.3 is 15.6 Å². The summed E-state index contributed by atoms with van der Waals surface area (Å²) in [6, 6.07) is 8.42. The Labute approximate surface area is 114 Å². The summed E-state index contributed by atoms with van der Waals surface area (Å²) in [7, 11) is 0. The molecule has 3 N–H and O–H groups in total. The van der Waals surface area contributed by atoms with Crippen molar-refractivity contribution in [3.05, 3.63) is 35.4 Å².